The first-order valence-electron chi connectivity index (χ1n) is 5.33. The van der Waals surface area contributed by atoms with Gasteiger partial charge in [0, 0.05) is 5.41 Å². The fourth-order valence-electron chi connectivity index (χ4n) is 2.75. The minimum Gasteiger partial charge on any atom is -0.385 e. The minimum atomic E-state index is -0.778. The van der Waals surface area contributed by atoms with Gasteiger partial charge in [-0.15, -0.1) is 0 Å². The van der Waals surface area contributed by atoms with Crippen LogP contribution in [0.2, 0.25) is 0 Å². The van der Waals surface area contributed by atoms with Gasteiger partial charge in [-0.25, -0.2) is 0 Å². The predicted octanol–water partition coefficient (Wildman–Crippen LogP) is 3.39. The van der Waals surface area contributed by atoms with Crippen LogP contribution >= 0.6 is 0 Å². The van der Waals surface area contributed by atoms with E-state index >= 15 is 0 Å². The molecule has 1 saturated carbocycles. The summed E-state index contributed by atoms with van der Waals surface area (Å²) in [6.45, 7) is 19.1. The third kappa shape index (κ3) is 0.894. The average Bonchev–Trinajstić information content (AvgIpc) is 2.05. The van der Waals surface area contributed by atoms with Crippen molar-refractivity contribution in [3.8, 4) is 0 Å². The highest BCUT2D eigenvalue weighted by Gasteiger charge is 2.66. The van der Waals surface area contributed by atoms with Crippen molar-refractivity contribution in [1.82, 2.24) is 0 Å². The topological polar surface area (TPSA) is 20.2 Å². The van der Waals surface area contributed by atoms with Gasteiger partial charge < -0.3 is 5.11 Å². The molecule has 0 aromatic carbocycles. The molecule has 1 atom stereocenters. The second-order valence-electron chi connectivity index (χ2n) is 6.43. The van der Waals surface area contributed by atoms with Gasteiger partial charge in [0.1, 0.15) is 0 Å². The van der Waals surface area contributed by atoms with Gasteiger partial charge in [-0.2, -0.15) is 0 Å². The van der Waals surface area contributed by atoms with Gasteiger partial charge in [0.05, 0.1) is 5.60 Å². The van der Waals surface area contributed by atoms with Crippen LogP contribution in [0.1, 0.15) is 48.5 Å². The predicted molar refractivity (Wildman–Crippen MR) is 61.1 cm³/mol. The number of hydrogen-bond donors (Lipinski definition) is 1. The van der Waals surface area contributed by atoms with E-state index in [2.05, 4.69) is 48.1 Å². The van der Waals surface area contributed by atoms with E-state index in [9.17, 15) is 5.11 Å². The van der Waals surface area contributed by atoms with Crippen LogP contribution in [0.4, 0.5) is 0 Å². The Labute approximate surface area is 88.2 Å². The van der Waals surface area contributed by atoms with Gasteiger partial charge in [0.25, 0.3) is 0 Å². The first-order chi connectivity index (χ1) is 5.90. The first-order valence-corrected chi connectivity index (χ1v) is 5.33. The summed E-state index contributed by atoms with van der Waals surface area (Å²) in [6.07, 6.45) is 0. The lowest BCUT2D eigenvalue weighted by atomic mass is 9.59. The van der Waals surface area contributed by atoms with Crippen molar-refractivity contribution in [1.29, 1.82) is 0 Å². The summed E-state index contributed by atoms with van der Waals surface area (Å²) >= 11 is 0. The van der Waals surface area contributed by atoms with Gasteiger partial charge in [-0.1, -0.05) is 48.1 Å². The molecule has 1 aliphatic rings. The standard InChI is InChI=1S/C13H24O/c1-9-10(2,3)11(4,5)12(6,7)13(9,8)14/h14H,1H2,2-8H3. The molecule has 1 rings (SSSR count). The molecular weight excluding hydrogens is 172 g/mol. The Hall–Kier alpha value is -0.300. The van der Waals surface area contributed by atoms with Crippen molar-refractivity contribution in [2.45, 2.75) is 54.1 Å². The molecule has 1 fully saturated rings. The van der Waals surface area contributed by atoms with E-state index in [4.69, 9.17) is 0 Å². The maximum atomic E-state index is 10.6. The summed E-state index contributed by atoms with van der Waals surface area (Å²) in [4.78, 5) is 0. The van der Waals surface area contributed by atoms with E-state index in [1.54, 1.807) is 0 Å². The van der Waals surface area contributed by atoms with Crippen LogP contribution in [0, 0.1) is 16.2 Å². The molecule has 0 saturated heterocycles. The molecule has 0 spiro atoms. The molecule has 1 unspecified atom stereocenters. The van der Waals surface area contributed by atoms with E-state index in [0.717, 1.165) is 5.57 Å². The van der Waals surface area contributed by atoms with Gasteiger partial charge in [0.2, 0.25) is 0 Å². The third-order valence-corrected chi connectivity index (χ3v) is 5.68. The van der Waals surface area contributed by atoms with Crippen molar-refractivity contribution in [3.63, 3.8) is 0 Å². The van der Waals surface area contributed by atoms with E-state index < -0.39 is 5.60 Å². The van der Waals surface area contributed by atoms with Gasteiger partial charge in [0.15, 0.2) is 0 Å². The van der Waals surface area contributed by atoms with Crippen molar-refractivity contribution in [2.75, 3.05) is 0 Å². The van der Waals surface area contributed by atoms with Crippen LogP contribution in [0.15, 0.2) is 12.2 Å². The second kappa shape index (κ2) is 2.44. The van der Waals surface area contributed by atoms with Crippen LogP contribution in [0.3, 0.4) is 0 Å². The van der Waals surface area contributed by atoms with Crippen LogP contribution in [0.5, 0.6) is 0 Å². The molecule has 14 heavy (non-hydrogen) atoms. The zero-order chi connectivity index (χ0) is 11.6. The fourth-order valence-corrected chi connectivity index (χ4v) is 2.75. The minimum absolute atomic E-state index is 0.0278. The third-order valence-electron chi connectivity index (χ3n) is 5.68. The number of aliphatic hydroxyl groups is 1. The van der Waals surface area contributed by atoms with Crippen molar-refractivity contribution < 1.29 is 5.11 Å². The summed E-state index contributed by atoms with van der Waals surface area (Å²) in [5, 5.41) is 10.6. The summed E-state index contributed by atoms with van der Waals surface area (Å²) in [5.41, 5.74) is 0.0428. The Kier molecular flexibility index (Phi) is 2.05. The molecule has 82 valence electrons. The van der Waals surface area contributed by atoms with E-state index in [1.165, 1.54) is 0 Å². The van der Waals surface area contributed by atoms with Crippen LogP contribution < -0.4 is 0 Å². The zero-order valence-electron chi connectivity index (χ0n) is 10.7. The normalized spacial score (nSPS) is 38.7. The first kappa shape index (κ1) is 11.8. The highest BCUT2D eigenvalue weighted by Crippen LogP contribution is 2.68. The maximum Gasteiger partial charge on any atom is 0.0887 e. The lowest BCUT2D eigenvalue weighted by molar-refractivity contribution is -0.0593. The highest BCUT2D eigenvalue weighted by atomic mass is 16.3. The van der Waals surface area contributed by atoms with Crippen molar-refractivity contribution >= 4 is 0 Å². The summed E-state index contributed by atoms with van der Waals surface area (Å²) < 4.78 is 0. The van der Waals surface area contributed by atoms with Crippen LogP contribution in [-0.4, -0.2) is 10.7 Å². The molecular formula is C13H24O. The van der Waals surface area contributed by atoms with Crippen LogP contribution in [0.25, 0.3) is 0 Å². The van der Waals surface area contributed by atoms with E-state index in [0.29, 0.717) is 0 Å². The lowest BCUT2D eigenvalue weighted by Crippen LogP contribution is -2.45. The van der Waals surface area contributed by atoms with E-state index in [1.807, 2.05) is 6.92 Å². The molecule has 0 heterocycles. The summed E-state index contributed by atoms with van der Waals surface area (Å²) in [6, 6.07) is 0. The molecule has 0 aromatic rings. The molecule has 1 nitrogen and oxygen atoms in total. The Morgan fingerprint density at radius 2 is 1.21 bits per heavy atom. The highest BCUT2D eigenvalue weighted by molar-refractivity contribution is 5.35. The van der Waals surface area contributed by atoms with Crippen LogP contribution in [-0.2, 0) is 0 Å². The molecule has 0 aliphatic heterocycles. The van der Waals surface area contributed by atoms with E-state index in [-0.39, 0.29) is 16.2 Å². The average molecular weight is 196 g/mol. The molecule has 0 bridgehead atoms. The van der Waals surface area contributed by atoms with Gasteiger partial charge in [-0.05, 0) is 23.3 Å². The Balaban J connectivity index is 3.46. The summed E-state index contributed by atoms with van der Waals surface area (Å²) in [7, 11) is 0. The molecule has 1 heteroatoms. The van der Waals surface area contributed by atoms with Crippen molar-refractivity contribution in [3.05, 3.63) is 12.2 Å². The molecule has 0 radical (unpaired) electrons. The Bertz CT molecular complexity index is 252. The Morgan fingerprint density at radius 3 is 1.29 bits per heavy atom. The number of hydrogen-bond acceptors (Lipinski definition) is 1. The van der Waals surface area contributed by atoms with Gasteiger partial charge in [-0.3, -0.25) is 0 Å². The quantitative estimate of drug-likeness (QED) is 0.589. The largest absolute Gasteiger partial charge is 0.385 e. The second-order valence-corrected chi connectivity index (χ2v) is 6.43. The smallest absolute Gasteiger partial charge is 0.0887 e. The fraction of sp³-hybridized carbons (Fsp3) is 0.846. The molecule has 0 aromatic heterocycles. The summed E-state index contributed by atoms with van der Waals surface area (Å²) in [5.74, 6) is 0. The maximum absolute atomic E-state index is 10.6. The van der Waals surface area contributed by atoms with Crippen molar-refractivity contribution in [2.24, 2.45) is 16.2 Å². The lowest BCUT2D eigenvalue weighted by Gasteiger charge is -2.45. The van der Waals surface area contributed by atoms with Gasteiger partial charge >= 0.3 is 0 Å². The zero-order valence-corrected chi connectivity index (χ0v) is 10.7. The molecule has 1 N–H and O–H groups in total. The Morgan fingerprint density at radius 1 is 0.857 bits per heavy atom. The number of rotatable bonds is 0. The molecule has 1 aliphatic carbocycles. The molecule has 0 amide bonds. The SMILES string of the molecule is C=C1C(C)(C)C(C)(C)C(C)(C)C1(C)O. The monoisotopic (exact) mass is 196 g/mol.